The van der Waals surface area contributed by atoms with Crippen molar-refractivity contribution < 1.29 is 0 Å². The van der Waals surface area contributed by atoms with Crippen molar-refractivity contribution in [3.63, 3.8) is 0 Å². The van der Waals surface area contributed by atoms with E-state index in [4.69, 9.17) is 0 Å². The molecule has 1 nitrogen and oxygen atoms in total. The fourth-order valence-corrected chi connectivity index (χ4v) is 2.71. The van der Waals surface area contributed by atoms with Crippen molar-refractivity contribution in [2.24, 2.45) is 0 Å². The highest BCUT2D eigenvalue weighted by molar-refractivity contribution is 5.76. The van der Waals surface area contributed by atoms with Crippen molar-refractivity contribution in [1.82, 2.24) is 4.90 Å². The molecular weight excluding hydrogens is 206 g/mol. The minimum Gasteiger partial charge on any atom is -0.309 e. The third-order valence-corrected chi connectivity index (χ3v) is 3.55. The van der Waals surface area contributed by atoms with E-state index >= 15 is 0 Å². The molecule has 0 saturated carbocycles. The number of hydrogen-bond acceptors (Lipinski definition) is 1. The SMILES string of the molecule is CN(C)CCCC1=CC(C)(C)c2ccccc21. The van der Waals surface area contributed by atoms with Gasteiger partial charge in [-0.25, -0.2) is 0 Å². The monoisotopic (exact) mass is 229 g/mol. The molecular formula is C16H23N. The van der Waals surface area contributed by atoms with Crippen molar-refractivity contribution >= 4 is 5.57 Å². The summed E-state index contributed by atoms with van der Waals surface area (Å²) in [5, 5.41) is 0. The summed E-state index contributed by atoms with van der Waals surface area (Å²) in [7, 11) is 4.28. The average Bonchev–Trinajstić information content (AvgIpc) is 2.51. The van der Waals surface area contributed by atoms with Crippen LogP contribution in [0.5, 0.6) is 0 Å². The molecule has 0 spiro atoms. The summed E-state index contributed by atoms with van der Waals surface area (Å²) < 4.78 is 0. The Kier molecular flexibility index (Phi) is 3.39. The van der Waals surface area contributed by atoms with Crippen LogP contribution in [0.2, 0.25) is 0 Å². The van der Waals surface area contributed by atoms with Gasteiger partial charge in [0.15, 0.2) is 0 Å². The van der Waals surface area contributed by atoms with Crippen LogP contribution in [0.15, 0.2) is 30.3 Å². The molecule has 0 N–H and O–H groups in total. The van der Waals surface area contributed by atoms with Gasteiger partial charge in [-0.05, 0) is 50.2 Å². The number of fused-ring (bicyclic) bond motifs is 1. The largest absolute Gasteiger partial charge is 0.309 e. The lowest BCUT2D eigenvalue weighted by Crippen LogP contribution is -2.12. The fourth-order valence-electron chi connectivity index (χ4n) is 2.71. The molecule has 0 aromatic heterocycles. The highest BCUT2D eigenvalue weighted by Crippen LogP contribution is 2.41. The fraction of sp³-hybridized carbons (Fsp3) is 0.500. The Bertz CT molecular complexity index is 427. The number of rotatable bonds is 4. The third-order valence-electron chi connectivity index (χ3n) is 3.55. The third kappa shape index (κ3) is 2.61. The first-order valence-corrected chi connectivity index (χ1v) is 6.47. The standard InChI is InChI=1S/C16H23N/c1-16(2)12-13(8-7-11-17(3)4)14-9-5-6-10-15(14)16/h5-6,9-10,12H,7-8,11H2,1-4H3. The van der Waals surface area contributed by atoms with Crippen molar-refractivity contribution in [2.75, 3.05) is 20.6 Å². The van der Waals surface area contributed by atoms with Gasteiger partial charge in [0.1, 0.15) is 0 Å². The van der Waals surface area contributed by atoms with Gasteiger partial charge >= 0.3 is 0 Å². The predicted octanol–water partition coefficient (Wildman–Crippen LogP) is 3.70. The molecule has 0 heterocycles. The molecule has 2 rings (SSSR count). The van der Waals surface area contributed by atoms with E-state index in [0.717, 1.165) is 0 Å². The maximum absolute atomic E-state index is 2.45. The molecule has 0 aliphatic heterocycles. The first-order chi connectivity index (χ1) is 8.00. The number of benzene rings is 1. The summed E-state index contributed by atoms with van der Waals surface area (Å²) in [6, 6.07) is 8.84. The highest BCUT2D eigenvalue weighted by atomic mass is 15.0. The Hall–Kier alpha value is -1.08. The van der Waals surface area contributed by atoms with Gasteiger partial charge < -0.3 is 4.90 Å². The van der Waals surface area contributed by atoms with Crippen LogP contribution in [-0.2, 0) is 5.41 Å². The molecule has 0 saturated heterocycles. The number of allylic oxidation sites excluding steroid dienone is 2. The number of hydrogen-bond donors (Lipinski definition) is 0. The van der Waals surface area contributed by atoms with Gasteiger partial charge in [0.05, 0.1) is 0 Å². The molecule has 1 aliphatic rings. The highest BCUT2D eigenvalue weighted by Gasteiger charge is 2.28. The second kappa shape index (κ2) is 4.66. The average molecular weight is 229 g/mol. The van der Waals surface area contributed by atoms with E-state index in [1.54, 1.807) is 0 Å². The predicted molar refractivity (Wildman–Crippen MR) is 75.2 cm³/mol. The van der Waals surface area contributed by atoms with Crippen LogP contribution >= 0.6 is 0 Å². The van der Waals surface area contributed by atoms with Crippen molar-refractivity contribution in [3.05, 3.63) is 41.5 Å². The zero-order valence-electron chi connectivity index (χ0n) is 11.5. The zero-order valence-corrected chi connectivity index (χ0v) is 11.5. The van der Waals surface area contributed by atoms with E-state index in [1.165, 1.54) is 36.1 Å². The van der Waals surface area contributed by atoms with E-state index in [0.29, 0.717) is 0 Å². The van der Waals surface area contributed by atoms with E-state index < -0.39 is 0 Å². The van der Waals surface area contributed by atoms with Crippen molar-refractivity contribution in [1.29, 1.82) is 0 Å². The Morgan fingerprint density at radius 3 is 2.53 bits per heavy atom. The molecule has 17 heavy (non-hydrogen) atoms. The molecule has 1 aromatic carbocycles. The lowest BCUT2D eigenvalue weighted by atomic mass is 9.87. The van der Waals surface area contributed by atoms with E-state index in [1.807, 2.05) is 0 Å². The molecule has 0 unspecified atom stereocenters. The number of nitrogens with zero attached hydrogens (tertiary/aromatic N) is 1. The molecule has 92 valence electrons. The Labute approximate surface area is 105 Å². The Morgan fingerprint density at radius 1 is 1.12 bits per heavy atom. The van der Waals surface area contributed by atoms with Gasteiger partial charge in [-0.2, -0.15) is 0 Å². The summed E-state index contributed by atoms with van der Waals surface area (Å²) in [5.74, 6) is 0. The van der Waals surface area contributed by atoms with Crippen molar-refractivity contribution in [3.8, 4) is 0 Å². The molecule has 1 aliphatic carbocycles. The van der Waals surface area contributed by atoms with Crippen LogP contribution in [-0.4, -0.2) is 25.5 Å². The molecule has 1 heteroatoms. The van der Waals surface area contributed by atoms with Gasteiger partial charge in [0, 0.05) is 5.41 Å². The molecule has 0 atom stereocenters. The maximum Gasteiger partial charge on any atom is 0.00873 e. The summed E-state index contributed by atoms with van der Waals surface area (Å²) >= 11 is 0. The van der Waals surface area contributed by atoms with E-state index in [2.05, 4.69) is 63.2 Å². The summed E-state index contributed by atoms with van der Waals surface area (Å²) in [6.45, 7) is 5.79. The zero-order chi connectivity index (χ0) is 12.5. The quantitative estimate of drug-likeness (QED) is 0.761. The molecule has 0 bridgehead atoms. The minimum atomic E-state index is 0.212. The van der Waals surface area contributed by atoms with E-state index in [9.17, 15) is 0 Å². The Balaban J connectivity index is 2.14. The lowest BCUT2D eigenvalue weighted by Gasteiger charge is -2.16. The minimum absolute atomic E-state index is 0.212. The first kappa shape index (κ1) is 12.4. The van der Waals surface area contributed by atoms with Gasteiger partial charge in [-0.1, -0.05) is 44.2 Å². The summed E-state index contributed by atoms with van der Waals surface area (Å²) in [5.41, 5.74) is 4.70. The first-order valence-electron chi connectivity index (χ1n) is 6.47. The van der Waals surface area contributed by atoms with Crippen LogP contribution in [0, 0.1) is 0 Å². The second-order valence-corrected chi connectivity index (χ2v) is 5.84. The molecule has 0 amide bonds. The summed E-state index contributed by atoms with van der Waals surface area (Å²) in [4.78, 5) is 2.26. The van der Waals surface area contributed by atoms with Gasteiger partial charge in [-0.3, -0.25) is 0 Å². The van der Waals surface area contributed by atoms with E-state index in [-0.39, 0.29) is 5.41 Å². The molecule has 0 fully saturated rings. The summed E-state index contributed by atoms with van der Waals surface area (Å²) in [6.07, 6.45) is 4.88. The topological polar surface area (TPSA) is 3.24 Å². The lowest BCUT2D eigenvalue weighted by molar-refractivity contribution is 0.403. The van der Waals surface area contributed by atoms with Crippen LogP contribution in [0.4, 0.5) is 0 Å². The van der Waals surface area contributed by atoms with Gasteiger partial charge in [-0.15, -0.1) is 0 Å². The van der Waals surface area contributed by atoms with Gasteiger partial charge in [0.25, 0.3) is 0 Å². The maximum atomic E-state index is 2.45. The van der Waals surface area contributed by atoms with Crippen LogP contribution < -0.4 is 0 Å². The normalized spacial score (nSPS) is 17.1. The van der Waals surface area contributed by atoms with Crippen molar-refractivity contribution in [2.45, 2.75) is 32.1 Å². The van der Waals surface area contributed by atoms with Crippen LogP contribution in [0.1, 0.15) is 37.8 Å². The molecule has 0 radical (unpaired) electrons. The second-order valence-electron chi connectivity index (χ2n) is 5.84. The Morgan fingerprint density at radius 2 is 1.82 bits per heavy atom. The van der Waals surface area contributed by atoms with Crippen LogP contribution in [0.25, 0.3) is 5.57 Å². The van der Waals surface area contributed by atoms with Crippen LogP contribution in [0.3, 0.4) is 0 Å². The van der Waals surface area contributed by atoms with Gasteiger partial charge in [0.2, 0.25) is 0 Å². The molecule has 1 aromatic rings. The smallest absolute Gasteiger partial charge is 0.00873 e.